The highest BCUT2D eigenvalue weighted by molar-refractivity contribution is 5.96. The first-order chi connectivity index (χ1) is 13.6. The zero-order valence-electron chi connectivity index (χ0n) is 18.1. The van der Waals surface area contributed by atoms with E-state index in [1.165, 1.54) is 4.90 Å². The smallest absolute Gasteiger partial charge is 0.322 e. The van der Waals surface area contributed by atoms with Crippen molar-refractivity contribution in [3.63, 3.8) is 0 Å². The molecular weight excluding hydrogens is 370 g/mol. The van der Waals surface area contributed by atoms with Crippen LogP contribution in [0, 0.1) is 6.92 Å². The number of carbonyl (C=O) groups is 2. The highest BCUT2D eigenvalue weighted by Crippen LogP contribution is 2.23. The first kappa shape index (κ1) is 22.4. The van der Waals surface area contributed by atoms with Crippen molar-refractivity contribution in [2.45, 2.75) is 33.1 Å². The molecule has 0 bridgehead atoms. The predicted molar refractivity (Wildman–Crippen MR) is 114 cm³/mol. The Morgan fingerprint density at radius 1 is 1.17 bits per heavy atom. The summed E-state index contributed by atoms with van der Waals surface area (Å²) in [6, 6.07) is 8.97. The Kier molecular flexibility index (Phi) is 7.39. The van der Waals surface area contributed by atoms with Crippen LogP contribution in [0.2, 0.25) is 0 Å². The highest BCUT2D eigenvalue weighted by Gasteiger charge is 2.21. The Balaban J connectivity index is 2.05. The van der Waals surface area contributed by atoms with E-state index < -0.39 is 0 Å². The lowest BCUT2D eigenvalue weighted by Crippen LogP contribution is -2.42. The number of aromatic nitrogens is 2. The Morgan fingerprint density at radius 3 is 2.38 bits per heavy atom. The lowest BCUT2D eigenvalue weighted by molar-refractivity contribution is -0.116. The van der Waals surface area contributed by atoms with Gasteiger partial charge in [-0.3, -0.25) is 9.48 Å². The molecule has 0 saturated heterocycles. The van der Waals surface area contributed by atoms with Crippen LogP contribution in [0.5, 0.6) is 0 Å². The van der Waals surface area contributed by atoms with Crippen molar-refractivity contribution in [1.82, 2.24) is 14.7 Å². The average Bonchev–Trinajstić information content (AvgIpc) is 3.01. The Hall–Kier alpha value is -2.87. The van der Waals surface area contributed by atoms with Gasteiger partial charge >= 0.3 is 6.03 Å². The molecule has 0 unspecified atom stereocenters. The molecule has 0 fully saturated rings. The molecule has 3 amide bonds. The topological polar surface area (TPSA) is 88.5 Å². The molecule has 1 aromatic carbocycles. The number of rotatable bonds is 7. The zero-order valence-corrected chi connectivity index (χ0v) is 18.1. The second kappa shape index (κ2) is 9.56. The molecule has 2 aromatic rings. The summed E-state index contributed by atoms with van der Waals surface area (Å²) in [5.41, 5.74) is 2.53. The van der Waals surface area contributed by atoms with Crippen molar-refractivity contribution < 1.29 is 14.3 Å². The van der Waals surface area contributed by atoms with Gasteiger partial charge in [0, 0.05) is 37.9 Å². The van der Waals surface area contributed by atoms with Gasteiger partial charge in [0.15, 0.2) is 0 Å². The van der Waals surface area contributed by atoms with Crippen LogP contribution in [-0.2, 0) is 22.0 Å². The van der Waals surface area contributed by atoms with E-state index in [0.29, 0.717) is 24.7 Å². The average molecular weight is 402 g/mol. The number of carbonyl (C=O) groups excluding carboxylic acids is 2. The minimum absolute atomic E-state index is 0.100. The Bertz CT molecular complexity index is 837. The molecule has 0 spiro atoms. The van der Waals surface area contributed by atoms with Crippen LogP contribution in [0.15, 0.2) is 30.3 Å². The van der Waals surface area contributed by atoms with Crippen LogP contribution < -0.4 is 10.6 Å². The third-order valence-electron chi connectivity index (χ3n) is 4.41. The van der Waals surface area contributed by atoms with Gasteiger partial charge in [-0.05, 0) is 19.1 Å². The number of amides is 3. The number of hydrogen-bond donors (Lipinski definition) is 2. The molecule has 0 radical (unpaired) electrons. The Morgan fingerprint density at radius 2 is 1.83 bits per heavy atom. The van der Waals surface area contributed by atoms with Gasteiger partial charge in [0.2, 0.25) is 5.91 Å². The van der Waals surface area contributed by atoms with Crippen LogP contribution in [0.1, 0.15) is 32.0 Å². The van der Waals surface area contributed by atoms with Crippen molar-refractivity contribution >= 4 is 23.4 Å². The van der Waals surface area contributed by atoms with E-state index in [4.69, 9.17) is 4.74 Å². The minimum Gasteiger partial charge on any atom is -0.383 e. The third-order valence-corrected chi connectivity index (χ3v) is 4.41. The first-order valence-electron chi connectivity index (χ1n) is 9.56. The predicted octanol–water partition coefficient (Wildman–Crippen LogP) is 3.15. The van der Waals surface area contributed by atoms with Crippen molar-refractivity contribution in [2.24, 2.45) is 7.05 Å². The molecule has 0 aliphatic heterocycles. The molecule has 0 atom stereocenters. The summed E-state index contributed by atoms with van der Waals surface area (Å²) in [5.74, 6) is 0.286. The number of methoxy groups -OCH3 is 1. The fraction of sp³-hybridized carbons (Fsp3) is 0.476. The molecule has 158 valence electrons. The number of ether oxygens (including phenoxy) is 1. The van der Waals surface area contributed by atoms with Crippen LogP contribution >= 0.6 is 0 Å². The summed E-state index contributed by atoms with van der Waals surface area (Å²) in [6.45, 7) is 8.67. The van der Waals surface area contributed by atoms with Crippen molar-refractivity contribution in [2.75, 3.05) is 37.4 Å². The van der Waals surface area contributed by atoms with E-state index in [0.717, 1.165) is 11.3 Å². The highest BCUT2D eigenvalue weighted by atomic mass is 16.5. The summed E-state index contributed by atoms with van der Waals surface area (Å²) in [5, 5.41) is 10.1. The molecular formula is C21H31N5O3. The van der Waals surface area contributed by atoms with Gasteiger partial charge in [-0.1, -0.05) is 38.5 Å². The minimum atomic E-state index is -0.360. The van der Waals surface area contributed by atoms with Gasteiger partial charge in [-0.25, -0.2) is 4.79 Å². The number of hydrogen-bond acceptors (Lipinski definition) is 4. The molecule has 8 nitrogen and oxygen atoms in total. The SMILES string of the molecule is COCCN(CC(=O)Nc1cc(C(C)(C)C)nn1C)C(=O)Nc1ccc(C)cc1. The second-order valence-electron chi connectivity index (χ2n) is 8.05. The van der Waals surface area contributed by atoms with E-state index in [2.05, 4.69) is 36.5 Å². The maximum Gasteiger partial charge on any atom is 0.322 e. The molecule has 0 aliphatic carbocycles. The number of aryl methyl sites for hydroxylation is 2. The van der Waals surface area contributed by atoms with E-state index in [9.17, 15) is 9.59 Å². The molecule has 2 N–H and O–H groups in total. The number of anilines is 2. The van der Waals surface area contributed by atoms with Crippen LogP contribution in [0.25, 0.3) is 0 Å². The van der Waals surface area contributed by atoms with Crippen molar-refractivity contribution in [1.29, 1.82) is 0 Å². The quantitative estimate of drug-likeness (QED) is 0.746. The summed E-state index contributed by atoms with van der Waals surface area (Å²) < 4.78 is 6.71. The fourth-order valence-corrected chi connectivity index (χ4v) is 2.60. The van der Waals surface area contributed by atoms with Gasteiger partial charge in [0.05, 0.1) is 12.3 Å². The van der Waals surface area contributed by atoms with Gasteiger partial charge < -0.3 is 20.3 Å². The lowest BCUT2D eigenvalue weighted by Gasteiger charge is -2.22. The maximum atomic E-state index is 12.7. The number of urea groups is 1. The van der Waals surface area contributed by atoms with Gasteiger partial charge in [-0.15, -0.1) is 0 Å². The van der Waals surface area contributed by atoms with Gasteiger partial charge in [0.1, 0.15) is 12.4 Å². The number of benzene rings is 1. The van der Waals surface area contributed by atoms with E-state index in [1.54, 1.807) is 18.8 Å². The maximum absolute atomic E-state index is 12.7. The number of nitrogens with zero attached hydrogens (tertiary/aromatic N) is 3. The van der Waals surface area contributed by atoms with Gasteiger partial charge in [0.25, 0.3) is 0 Å². The molecule has 0 saturated carbocycles. The zero-order chi connectivity index (χ0) is 21.6. The van der Waals surface area contributed by atoms with Crippen molar-refractivity contribution in [3.05, 3.63) is 41.6 Å². The summed E-state index contributed by atoms with van der Waals surface area (Å²) in [4.78, 5) is 26.7. The fourth-order valence-electron chi connectivity index (χ4n) is 2.60. The second-order valence-corrected chi connectivity index (χ2v) is 8.05. The molecule has 1 heterocycles. The van der Waals surface area contributed by atoms with Crippen LogP contribution in [0.4, 0.5) is 16.3 Å². The molecule has 0 aliphatic rings. The largest absolute Gasteiger partial charge is 0.383 e. The standard InChI is InChI=1S/C21H31N5O3/c1-15-7-9-16(10-8-15)22-20(28)26(11-12-29-6)14-19(27)23-18-13-17(21(2,3)4)24-25(18)5/h7-10,13H,11-12,14H2,1-6H3,(H,22,28)(H,23,27). The van der Waals surface area contributed by atoms with E-state index in [-0.39, 0.29) is 23.9 Å². The lowest BCUT2D eigenvalue weighted by atomic mass is 9.92. The number of nitrogens with one attached hydrogen (secondary N) is 2. The van der Waals surface area contributed by atoms with Crippen LogP contribution in [0.3, 0.4) is 0 Å². The first-order valence-corrected chi connectivity index (χ1v) is 9.56. The van der Waals surface area contributed by atoms with Gasteiger partial charge in [-0.2, -0.15) is 5.10 Å². The molecule has 8 heteroatoms. The summed E-state index contributed by atoms with van der Waals surface area (Å²) in [7, 11) is 3.33. The molecule has 2 rings (SSSR count). The summed E-state index contributed by atoms with van der Waals surface area (Å²) in [6.07, 6.45) is 0. The third kappa shape index (κ3) is 6.60. The summed E-state index contributed by atoms with van der Waals surface area (Å²) >= 11 is 0. The van der Waals surface area contributed by atoms with E-state index in [1.807, 2.05) is 37.3 Å². The van der Waals surface area contributed by atoms with Crippen LogP contribution in [-0.4, -0.2) is 53.4 Å². The molecule has 1 aromatic heterocycles. The normalized spacial score (nSPS) is 11.2. The van der Waals surface area contributed by atoms with E-state index >= 15 is 0 Å². The Labute approximate surface area is 172 Å². The monoisotopic (exact) mass is 401 g/mol. The van der Waals surface area contributed by atoms with Crippen molar-refractivity contribution in [3.8, 4) is 0 Å². The molecule has 29 heavy (non-hydrogen) atoms.